The Morgan fingerprint density at radius 3 is 2.02 bits per heavy atom. The van der Waals surface area contributed by atoms with Gasteiger partial charge >= 0.3 is 23.9 Å². The number of cyclic esters (lactones) is 1. The lowest BCUT2D eigenvalue weighted by atomic mass is 9.49. The first-order valence-electron chi connectivity index (χ1n) is 16.7. The predicted molar refractivity (Wildman–Crippen MR) is 160 cm³/mol. The Morgan fingerprint density at radius 2 is 1.50 bits per heavy atom. The number of esters is 4. The van der Waals surface area contributed by atoms with Crippen molar-refractivity contribution in [1.82, 2.24) is 0 Å². The molecule has 10 nitrogen and oxygen atoms in total. The number of hydrogen-bond donors (Lipinski definition) is 1. The van der Waals surface area contributed by atoms with E-state index in [2.05, 4.69) is 6.92 Å². The molecule has 0 aromatic heterocycles. The molecule has 0 radical (unpaired) electrons. The molecule has 3 unspecified atom stereocenters. The van der Waals surface area contributed by atoms with Crippen molar-refractivity contribution >= 4 is 23.9 Å². The van der Waals surface area contributed by atoms with Crippen molar-refractivity contribution in [3.63, 3.8) is 0 Å². The third-order valence-corrected chi connectivity index (χ3v) is 11.1. The van der Waals surface area contributed by atoms with Crippen molar-refractivity contribution in [2.75, 3.05) is 33.0 Å². The molecule has 250 valence electrons. The Hall–Kier alpha value is -2.20. The molecule has 10 heteroatoms. The fourth-order valence-electron chi connectivity index (χ4n) is 8.96. The number of aliphatic hydroxyl groups excluding tert-OH is 1. The highest BCUT2D eigenvalue weighted by molar-refractivity contribution is 5.85. The van der Waals surface area contributed by atoms with E-state index < -0.39 is 45.9 Å². The minimum absolute atomic E-state index is 0.000508. The van der Waals surface area contributed by atoms with Gasteiger partial charge < -0.3 is 28.8 Å². The fraction of sp³-hybridized carbons (Fsp3) is 0.882. The van der Waals surface area contributed by atoms with E-state index in [1.807, 2.05) is 13.8 Å². The summed E-state index contributed by atoms with van der Waals surface area (Å²) in [7, 11) is 0. The van der Waals surface area contributed by atoms with Crippen LogP contribution in [0.4, 0.5) is 0 Å². The summed E-state index contributed by atoms with van der Waals surface area (Å²) in [5, 5.41) is 8.89. The first-order chi connectivity index (χ1) is 20.7. The van der Waals surface area contributed by atoms with Crippen LogP contribution in [0.1, 0.15) is 106 Å². The lowest BCUT2D eigenvalue weighted by molar-refractivity contribution is -0.221. The van der Waals surface area contributed by atoms with E-state index in [1.54, 1.807) is 20.8 Å². The van der Waals surface area contributed by atoms with E-state index >= 15 is 0 Å². The molecule has 0 amide bonds. The zero-order valence-corrected chi connectivity index (χ0v) is 27.6. The number of carbonyl (C=O) groups excluding carboxylic acids is 4. The van der Waals surface area contributed by atoms with Crippen molar-refractivity contribution in [2.45, 2.75) is 117 Å². The van der Waals surface area contributed by atoms with Gasteiger partial charge in [0, 0.05) is 6.42 Å². The van der Waals surface area contributed by atoms with Crippen molar-refractivity contribution in [3.8, 4) is 0 Å². The molecule has 44 heavy (non-hydrogen) atoms. The highest BCUT2D eigenvalue weighted by atomic mass is 16.6. The molecule has 1 aliphatic heterocycles. The summed E-state index contributed by atoms with van der Waals surface area (Å²) < 4.78 is 28.0. The van der Waals surface area contributed by atoms with Gasteiger partial charge in [-0.3, -0.25) is 14.4 Å². The number of aliphatic hydroxyl groups is 1. The zero-order chi connectivity index (χ0) is 32.3. The van der Waals surface area contributed by atoms with Gasteiger partial charge in [0.15, 0.2) is 0 Å². The molecule has 1 heterocycles. The second kappa shape index (κ2) is 13.7. The van der Waals surface area contributed by atoms with Crippen molar-refractivity contribution in [2.24, 2.45) is 39.9 Å². The molecular weight excluding hydrogens is 568 g/mol. The van der Waals surface area contributed by atoms with E-state index in [0.717, 1.165) is 43.9 Å². The third-order valence-electron chi connectivity index (χ3n) is 11.1. The maximum absolute atomic E-state index is 14.3. The van der Waals surface area contributed by atoms with E-state index in [0.29, 0.717) is 18.3 Å². The molecular formula is C34H54O10. The summed E-state index contributed by atoms with van der Waals surface area (Å²) in [5.41, 5.74) is -3.98. The minimum Gasteiger partial charge on any atom is -0.463 e. The number of hydrogen-bond acceptors (Lipinski definition) is 10. The Morgan fingerprint density at radius 1 is 0.864 bits per heavy atom. The predicted octanol–water partition coefficient (Wildman–Crippen LogP) is 4.77. The van der Waals surface area contributed by atoms with E-state index in [9.17, 15) is 19.2 Å². The Bertz CT molecular complexity index is 1040. The Balaban J connectivity index is 1.55. The molecule has 5 aliphatic rings. The Labute approximate surface area is 262 Å². The topological polar surface area (TPSA) is 135 Å². The van der Waals surface area contributed by atoms with Gasteiger partial charge in [-0.2, -0.15) is 0 Å². The monoisotopic (exact) mass is 622 g/mol. The maximum Gasteiger partial charge on any atom is 0.347 e. The van der Waals surface area contributed by atoms with E-state index in [-0.39, 0.29) is 58.3 Å². The van der Waals surface area contributed by atoms with Crippen molar-refractivity contribution in [1.29, 1.82) is 0 Å². The lowest BCUT2D eigenvalue weighted by Crippen LogP contribution is -2.60. The minimum atomic E-state index is -1.33. The molecule has 5 rings (SSSR count). The molecule has 0 aromatic rings. The summed E-state index contributed by atoms with van der Waals surface area (Å²) in [6.07, 6.45) is 6.29. The van der Waals surface area contributed by atoms with Crippen LogP contribution < -0.4 is 0 Å². The number of rotatable bonds is 16. The van der Waals surface area contributed by atoms with Crippen molar-refractivity contribution < 1.29 is 48.0 Å². The first kappa shape index (κ1) is 34.7. The summed E-state index contributed by atoms with van der Waals surface area (Å²) in [6, 6.07) is 0. The average Bonchev–Trinajstić information content (AvgIpc) is 3.37. The largest absolute Gasteiger partial charge is 0.463 e. The fourth-order valence-corrected chi connectivity index (χ4v) is 8.96. The third kappa shape index (κ3) is 7.11. The molecule has 5 fully saturated rings. The standard InChI is InChI=1S/C34H54O10/c1-7-32(5,30(39)44-34(8-2)24-16-22-15-23(18-24)19-25(34)17-22)21-33(6,29(38)43-26-9-11-41-27(26)36)20-31(3,4)28(37)42-14-13-40-12-10-35/h22-26,35H,7-21H2,1-6H3. The molecule has 4 saturated carbocycles. The van der Waals surface area contributed by atoms with Gasteiger partial charge in [-0.25, -0.2) is 4.79 Å². The second-order valence-electron chi connectivity index (χ2n) is 15.0. The summed E-state index contributed by atoms with van der Waals surface area (Å²) in [5.74, 6) is 0.127. The number of ether oxygens (including phenoxy) is 5. The van der Waals surface area contributed by atoms with E-state index in [4.69, 9.17) is 28.8 Å². The van der Waals surface area contributed by atoms with Crippen LogP contribution in [0, 0.1) is 39.9 Å². The van der Waals surface area contributed by atoms with Crippen LogP contribution >= 0.6 is 0 Å². The van der Waals surface area contributed by atoms with Gasteiger partial charge in [0.2, 0.25) is 6.10 Å². The average molecular weight is 623 g/mol. The molecule has 4 bridgehead atoms. The van der Waals surface area contributed by atoms with Gasteiger partial charge in [0.25, 0.3) is 0 Å². The smallest absolute Gasteiger partial charge is 0.347 e. The lowest BCUT2D eigenvalue weighted by Gasteiger charge is -2.60. The SMILES string of the molecule is CCC(C)(CC(C)(CC(C)(C)C(=O)OCCOCCO)C(=O)OC1CCOC1=O)C(=O)OC1(CC)C2CC3CC(C2)CC1C3. The van der Waals surface area contributed by atoms with Crippen LogP contribution in [0.3, 0.4) is 0 Å². The molecule has 1 saturated heterocycles. The molecule has 3 atom stereocenters. The quantitative estimate of drug-likeness (QED) is 0.146. The summed E-state index contributed by atoms with van der Waals surface area (Å²) >= 11 is 0. The first-order valence-corrected chi connectivity index (χ1v) is 16.7. The van der Waals surface area contributed by atoms with Crippen LogP contribution in [0.25, 0.3) is 0 Å². The van der Waals surface area contributed by atoms with Crippen LogP contribution in [-0.2, 0) is 42.9 Å². The van der Waals surface area contributed by atoms with Gasteiger partial charge in [-0.05, 0) is 109 Å². The summed E-state index contributed by atoms with van der Waals surface area (Å²) in [6.45, 7) is 11.3. The van der Waals surface area contributed by atoms with Crippen LogP contribution in [0.2, 0.25) is 0 Å². The van der Waals surface area contributed by atoms with Crippen LogP contribution in [0.15, 0.2) is 0 Å². The molecule has 1 N–H and O–H groups in total. The van der Waals surface area contributed by atoms with Gasteiger partial charge in [-0.15, -0.1) is 0 Å². The van der Waals surface area contributed by atoms with Gasteiger partial charge in [-0.1, -0.05) is 13.8 Å². The molecule has 0 spiro atoms. The van der Waals surface area contributed by atoms with Gasteiger partial charge in [0.1, 0.15) is 12.2 Å². The maximum atomic E-state index is 14.3. The molecule has 4 aliphatic carbocycles. The van der Waals surface area contributed by atoms with Gasteiger partial charge in [0.05, 0.1) is 42.7 Å². The second-order valence-corrected chi connectivity index (χ2v) is 15.0. The highest BCUT2D eigenvalue weighted by Crippen LogP contribution is 2.61. The Kier molecular flexibility index (Phi) is 10.8. The molecule has 0 aromatic carbocycles. The number of carbonyl (C=O) groups is 4. The summed E-state index contributed by atoms with van der Waals surface area (Å²) in [4.78, 5) is 53.7. The highest BCUT2D eigenvalue weighted by Gasteiger charge is 2.60. The van der Waals surface area contributed by atoms with Crippen LogP contribution in [0.5, 0.6) is 0 Å². The normalized spacial score (nSPS) is 32.0. The van der Waals surface area contributed by atoms with E-state index in [1.165, 1.54) is 6.42 Å². The van der Waals surface area contributed by atoms with Crippen LogP contribution in [-0.4, -0.2) is 73.7 Å². The van der Waals surface area contributed by atoms with Crippen molar-refractivity contribution in [3.05, 3.63) is 0 Å². The zero-order valence-electron chi connectivity index (χ0n) is 27.6.